The molecule has 2 aliphatic rings. The number of aliphatic hydroxyl groups excluding tert-OH is 1. The van der Waals surface area contributed by atoms with E-state index in [9.17, 15) is 5.11 Å². The van der Waals surface area contributed by atoms with Crippen LogP contribution in [-0.4, -0.2) is 46.4 Å². The minimum Gasteiger partial charge on any atom is -0.391 e. The van der Waals surface area contributed by atoms with Crippen LogP contribution in [0.4, 0.5) is 5.82 Å². The minimum absolute atomic E-state index is 0.0201. The topological polar surface area (TPSA) is 93.2 Å². The van der Waals surface area contributed by atoms with Gasteiger partial charge in [-0.15, -0.1) is 10.2 Å². The summed E-state index contributed by atoms with van der Waals surface area (Å²) in [6.07, 6.45) is 12.9. The number of aliphatic hydroxyl groups is 1. The zero-order chi connectivity index (χ0) is 16.8. The second kappa shape index (κ2) is 5.80. The van der Waals surface area contributed by atoms with Crippen LogP contribution in [0, 0.1) is 5.92 Å². The van der Waals surface area contributed by atoms with Gasteiger partial charge in [-0.05, 0) is 31.6 Å². The highest BCUT2D eigenvalue weighted by molar-refractivity contribution is 5.62. The van der Waals surface area contributed by atoms with Crippen molar-refractivity contribution in [3.8, 4) is 0 Å². The highest BCUT2D eigenvalue weighted by atomic mass is 16.3. The van der Waals surface area contributed by atoms with Gasteiger partial charge < -0.3 is 15.0 Å². The van der Waals surface area contributed by atoms with Gasteiger partial charge in [0.15, 0.2) is 5.82 Å². The van der Waals surface area contributed by atoms with Gasteiger partial charge in [-0.3, -0.25) is 4.40 Å². The molecule has 0 bridgehead atoms. The molecule has 0 aliphatic heterocycles. The van der Waals surface area contributed by atoms with E-state index in [0.717, 1.165) is 30.9 Å². The van der Waals surface area contributed by atoms with Gasteiger partial charge >= 0.3 is 0 Å². The van der Waals surface area contributed by atoms with Crippen molar-refractivity contribution in [2.24, 2.45) is 5.92 Å². The maximum atomic E-state index is 10.5. The molecule has 0 amide bonds. The summed E-state index contributed by atoms with van der Waals surface area (Å²) in [5, 5.41) is 22.5. The summed E-state index contributed by atoms with van der Waals surface area (Å²) < 4.78 is 4.09. The third-order valence-corrected chi connectivity index (χ3v) is 5.27. The van der Waals surface area contributed by atoms with Crippen LogP contribution < -0.4 is 5.32 Å². The van der Waals surface area contributed by atoms with Crippen LogP contribution in [-0.2, 0) is 6.54 Å². The number of nitrogens with one attached hydrogen (secondary N) is 1. The van der Waals surface area contributed by atoms with E-state index in [0.29, 0.717) is 17.7 Å². The average molecular weight is 339 g/mol. The van der Waals surface area contributed by atoms with Crippen LogP contribution in [0.1, 0.15) is 37.4 Å². The van der Waals surface area contributed by atoms with Gasteiger partial charge in [0.25, 0.3) is 0 Å². The maximum absolute atomic E-state index is 10.5. The molecule has 2 aliphatic carbocycles. The third-order valence-electron chi connectivity index (χ3n) is 5.27. The Kier molecular flexibility index (Phi) is 3.44. The molecule has 0 radical (unpaired) electrons. The van der Waals surface area contributed by atoms with Gasteiger partial charge in [-0.1, -0.05) is 0 Å². The second-order valence-electron chi connectivity index (χ2n) is 7.22. The first-order valence-corrected chi connectivity index (χ1v) is 8.88. The van der Waals surface area contributed by atoms with E-state index in [4.69, 9.17) is 0 Å². The van der Waals surface area contributed by atoms with E-state index in [-0.39, 0.29) is 12.1 Å². The Bertz CT molecular complexity index is 870. The van der Waals surface area contributed by atoms with Crippen LogP contribution in [0.2, 0.25) is 0 Å². The van der Waals surface area contributed by atoms with Crippen molar-refractivity contribution >= 4 is 11.5 Å². The first-order valence-electron chi connectivity index (χ1n) is 8.88. The molecule has 3 heterocycles. The van der Waals surface area contributed by atoms with Crippen molar-refractivity contribution in [1.82, 2.24) is 29.1 Å². The van der Waals surface area contributed by atoms with Gasteiger partial charge in [-0.2, -0.15) is 0 Å². The van der Waals surface area contributed by atoms with Crippen molar-refractivity contribution in [2.45, 2.75) is 50.3 Å². The summed E-state index contributed by atoms with van der Waals surface area (Å²) in [5.74, 6) is 2.67. The Morgan fingerprint density at radius 2 is 2.08 bits per heavy atom. The lowest BCUT2D eigenvalue weighted by atomic mass is 10.1. The first-order chi connectivity index (χ1) is 12.3. The molecule has 0 aromatic carbocycles. The number of rotatable bonds is 5. The lowest BCUT2D eigenvalue weighted by molar-refractivity contribution is 0.166. The molecule has 3 aromatic heterocycles. The summed E-state index contributed by atoms with van der Waals surface area (Å²) >= 11 is 0. The van der Waals surface area contributed by atoms with Gasteiger partial charge in [0, 0.05) is 37.3 Å². The summed E-state index contributed by atoms with van der Waals surface area (Å²) in [4.78, 5) is 8.52. The number of imidazole rings is 1. The van der Waals surface area contributed by atoms with Crippen LogP contribution in [0.25, 0.3) is 5.65 Å². The van der Waals surface area contributed by atoms with E-state index in [1.807, 2.05) is 23.1 Å². The molecule has 8 heteroatoms. The molecular formula is C17H21N7O. The zero-order valence-corrected chi connectivity index (χ0v) is 13.9. The molecule has 2 N–H and O–H groups in total. The minimum atomic E-state index is -0.388. The molecule has 130 valence electrons. The largest absolute Gasteiger partial charge is 0.391 e. The molecule has 2 fully saturated rings. The zero-order valence-electron chi connectivity index (χ0n) is 13.9. The molecule has 3 atom stereocenters. The van der Waals surface area contributed by atoms with E-state index >= 15 is 0 Å². The highest BCUT2D eigenvalue weighted by Gasteiger charge is 2.34. The quantitative estimate of drug-likeness (QED) is 0.731. The van der Waals surface area contributed by atoms with Gasteiger partial charge in [0.1, 0.15) is 5.82 Å². The average Bonchev–Trinajstić information content (AvgIpc) is 3.01. The predicted octanol–water partition coefficient (Wildman–Crippen LogP) is 1.45. The smallest absolute Gasteiger partial charge is 0.203 e. The third kappa shape index (κ3) is 2.76. The molecule has 5 rings (SSSR count). The molecule has 0 saturated heterocycles. The Morgan fingerprint density at radius 3 is 2.88 bits per heavy atom. The standard InChI is InChI=1S/C17H21N7O/c25-14-8-11(9-23-5-3-18-10-23)7-13(14)20-15-17-22-21-16(12-1-2-12)24(17)6-4-19-15/h3-6,10-14,25H,1-2,7-9H2,(H,19,20)/t11?,13-,14-/m1/s1. The SMILES string of the molecule is O[C@@H]1CC(Cn2ccnc2)C[C@H]1Nc1nccn2c(C3CC3)nnc12. The normalized spacial score (nSPS) is 26.4. The van der Waals surface area contributed by atoms with Crippen molar-refractivity contribution in [2.75, 3.05) is 5.32 Å². The number of fused-ring (bicyclic) bond motifs is 1. The number of aromatic nitrogens is 6. The Labute approximate surface area is 144 Å². The van der Waals surface area contributed by atoms with Crippen LogP contribution in [0.3, 0.4) is 0 Å². The fraction of sp³-hybridized carbons (Fsp3) is 0.529. The molecule has 8 nitrogen and oxygen atoms in total. The van der Waals surface area contributed by atoms with E-state index in [2.05, 4.69) is 30.0 Å². The predicted molar refractivity (Wildman–Crippen MR) is 91.1 cm³/mol. The summed E-state index contributed by atoms with van der Waals surface area (Å²) in [6, 6.07) is -0.0201. The Hall–Kier alpha value is -2.48. The Morgan fingerprint density at radius 1 is 1.16 bits per heavy atom. The number of anilines is 1. The van der Waals surface area contributed by atoms with Crippen molar-refractivity contribution in [3.63, 3.8) is 0 Å². The lowest BCUT2D eigenvalue weighted by Crippen LogP contribution is -2.28. The number of hydrogen-bond donors (Lipinski definition) is 2. The van der Waals surface area contributed by atoms with Crippen molar-refractivity contribution < 1.29 is 5.11 Å². The Balaban J connectivity index is 1.34. The molecule has 0 spiro atoms. The first kappa shape index (κ1) is 14.8. The van der Waals surface area contributed by atoms with Gasteiger partial charge in [-0.25, -0.2) is 9.97 Å². The van der Waals surface area contributed by atoms with Gasteiger partial charge in [0.05, 0.1) is 18.5 Å². The fourth-order valence-corrected chi connectivity index (χ4v) is 3.86. The van der Waals surface area contributed by atoms with E-state index in [1.54, 1.807) is 12.4 Å². The summed E-state index contributed by atoms with van der Waals surface area (Å²) in [5.41, 5.74) is 0.745. The molecular weight excluding hydrogens is 318 g/mol. The molecule has 2 saturated carbocycles. The summed E-state index contributed by atoms with van der Waals surface area (Å²) in [6.45, 7) is 0.879. The number of nitrogens with zero attached hydrogens (tertiary/aromatic N) is 6. The van der Waals surface area contributed by atoms with E-state index in [1.165, 1.54) is 12.8 Å². The van der Waals surface area contributed by atoms with Crippen LogP contribution >= 0.6 is 0 Å². The van der Waals surface area contributed by atoms with Crippen molar-refractivity contribution in [1.29, 1.82) is 0 Å². The van der Waals surface area contributed by atoms with E-state index < -0.39 is 0 Å². The summed E-state index contributed by atoms with van der Waals surface area (Å²) in [7, 11) is 0. The van der Waals surface area contributed by atoms with Crippen LogP contribution in [0.5, 0.6) is 0 Å². The highest BCUT2D eigenvalue weighted by Crippen LogP contribution is 2.39. The van der Waals surface area contributed by atoms with Gasteiger partial charge in [0.2, 0.25) is 5.65 Å². The fourth-order valence-electron chi connectivity index (χ4n) is 3.86. The monoisotopic (exact) mass is 339 g/mol. The number of hydrogen-bond acceptors (Lipinski definition) is 6. The van der Waals surface area contributed by atoms with Crippen molar-refractivity contribution in [3.05, 3.63) is 36.9 Å². The molecule has 25 heavy (non-hydrogen) atoms. The van der Waals surface area contributed by atoms with Crippen LogP contribution in [0.15, 0.2) is 31.1 Å². The second-order valence-corrected chi connectivity index (χ2v) is 7.22. The molecule has 3 aromatic rings. The molecule has 1 unspecified atom stereocenters. The lowest BCUT2D eigenvalue weighted by Gasteiger charge is -2.17. The maximum Gasteiger partial charge on any atom is 0.203 e.